The Morgan fingerprint density at radius 2 is 1.02 bits per heavy atom. The lowest BCUT2D eigenvalue weighted by Gasteiger charge is -2.10. The molecule has 12 heteroatoms. The normalized spacial score (nSPS) is 11.1. The summed E-state index contributed by atoms with van der Waals surface area (Å²) in [4.78, 5) is 31.0. The number of hydrogen-bond acceptors (Lipinski definition) is 8. The smallest absolute Gasteiger partial charge is 0.303 e. The van der Waals surface area contributed by atoms with Gasteiger partial charge in [0, 0.05) is 58.2 Å². The van der Waals surface area contributed by atoms with E-state index in [0.717, 1.165) is 62.0 Å². The molecule has 10 nitrogen and oxygen atoms in total. The Labute approximate surface area is 338 Å². The van der Waals surface area contributed by atoms with Crippen LogP contribution in [0.25, 0.3) is 56.2 Å². The Balaban J connectivity index is 0.000000174. The van der Waals surface area contributed by atoms with E-state index in [9.17, 15) is 9.59 Å². The zero-order chi connectivity index (χ0) is 39.7. The molecule has 0 spiro atoms. The van der Waals surface area contributed by atoms with Gasteiger partial charge in [0.05, 0.1) is 35.3 Å². The first-order valence-corrected chi connectivity index (χ1v) is 20.6. The van der Waals surface area contributed by atoms with Gasteiger partial charge in [-0.1, -0.05) is 35.4 Å². The summed E-state index contributed by atoms with van der Waals surface area (Å²) < 4.78 is 15.9. The molecule has 0 saturated carbocycles. The van der Waals surface area contributed by atoms with Crippen LogP contribution < -0.4 is 9.47 Å². The van der Waals surface area contributed by atoms with Gasteiger partial charge in [-0.25, -0.2) is 9.97 Å². The number of nitrogens with zero attached hydrogens (tertiary/aromatic N) is 4. The van der Waals surface area contributed by atoms with Gasteiger partial charge < -0.3 is 19.7 Å². The molecule has 4 heterocycles. The van der Waals surface area contributed by atoms with E-state index in [2.05, 4.69) is 99.8 Å². The minimum Gasteiger partial charge on any atom is -0.494 e. The first-order chi connectivity index (χ1) is 27.7. The number of carbonyl (C=O) groups is 2. The van der Waals surface area contributed by atoms with E-state index >= 15 is 0 Å². The van der Waals surface area contributed by atoms with Crippen molar-refractivity contribution in [2.45, 2.75) is 46.0 Å². The Morgan fingerprint density at radius 3 is 1.44 bits per heavy atom. The van der Waals surface area contributed by atoms with Crippen LogP contribution in [0.4, 0.5) is 0 Å². The highest BCUT2D eigenvalue weighted by atomic mass is 32.1. The van der Waals surface area contributed by atoms with Gasteiger partial charge in [-0.3, -0.25) is 18.7 Å². The minimum atomic E-state index is -0.808. The van der Waals surface area contributed by atoms with Crippen LogP contribution in [0.15, 0.2) is 119 Å². The molecule has 8 aromatic rings. The summed E-state index contributed by atoms with van der Waals surface area (Å²) in [5, 5.41) is 25.8. The molecule has 0 saturated heterocycles. The third-order valence-corrected chi connectivity index (χ3v) is 10.6. The maximum Gasteiger partial charge on any atom is 0.303 e. The van der Waals surface area contributed by atoms with Gasteiger partial charge in [-0.2, -0.15) is 22.7 Å². The first-order valence-electron chi connectivity index (χ1n) is 18.7. The van der Waals surface area contributed by atoms with Crippen molar-refractivity contribution < 1.29 is 29.3 Å². The maximum atomic E-state index is 10.7. The van der Waals surface area contributed by atoms with E-state index in [4.69, 9.17) is 29.7 Å². The molecule has 0 amide bonds. The van der Waals surface area contributed by atoms with Crippen molar-refractivity contribution in [2.24, 2.45) is 0 Å². The number of aromatic nitrogens is 4. The summed E-state index contributed by atoms with van der Waals surface area (Å²) in [5.41, 5.74) is 10.4. The fourth-order valence-corrected chi connectivity index (χ4v) is 7.62. The Bertz CT molecular complexity index is 2580. The average molecular weight is 799 g/mol. The second-order valence-electron chi connectivity index (χ2n) is 13.6. The third-order valence-electron chi connectivity index (χ3n) is 9.25. The van der Waals surface area contributed by atoms with Crippen LogP contribution in [0.5, 0.6) is 11.5 Å². The second-order valence-corrected chi connectivity index (χ2v) is 15.1. The molecule has 0 radical (unpaired) electrons. The monoisotopic (exact) mass is 798 g/mol. The molecular formula is C45H42N4O6S2. The zero-order valence-corrected chi connectivity index (χ0v) is 33.3. The highest BCUT2D eigenvalue weighted by Crippen LogP contribution is 2.33. The van der Waals surface area contributed by atoms with E-state index in [1.54, 1.807) is 22.7 Å². The Morgan fingerprint density at radius 1 is 0.579 bits per heavy atom. The van der Waals surface area contributed by atoms with Gasteiger partial charge in [0.2, 0.25) is 0 Å². The van der Waals surface area contributed by atoms with Crippen molar-refractivity contribution in [2.75, 3.05) is 13.2 Å². The SMILES string of the molecule is Cc1ccc(-n2c(-c3ccsc3)nc3ccc(OCCCC(=O)O)cc32)cc1.Cc1ccc(-n2c(-c3ccsc3)nc3ccc(OCCCCC(=O)O)cc32)cc1. The third kappa shape index (κ3) is 9.60. The highest BCUT2D eigenvalue weighted by molar-refractivity contribution is 7.08. The number of aryl methyl sites for hydroxylation is 2. The topological polar surface area (TPSA) is 129 Å². The molecule has 2 N–H and O–H groups in total. The number of unbranched alkanes of at least 4 members (excludes halogenated alkanes) is 1. The number of thiophene rings is 2. The molecule has 57 heavy (non-hydrogen) atoms. The van der Waals surface area contributed by atoms with E-state index in [1.807, 2.05) is 41.8 Å². The van der Waals surface area contributed by atoms with Crippen molar-refractivity contribution in [3.8, 4) is 45.6 Å². The summed E-state index contributed by atoms with van der Waals surface area (Å²) in [7, 11) is 0. The molecule has 0 aliphatic carbocycles. The molecule has 4 aromatic heterocycles. The minimum absolute atomic E-state index is 0.103. The lowest BCUT2D eigenvalue weighted by molar-refractivity contribution is -0.138. The van der Waals surface area contributed by atoms with Gasteiger partial charge in [0.15, 0.2) is 0 Å². The molecule has 0 unspecified atom stereocenters. The standard InChI is InChI=1S/C23H22N2O3S.C22H20N2O3S/c1-16-5-7-18(8-6-16)25-21-14-19(28-12-3-2-4-22(26)27)9-10-20(21)24-23(25)17-11-13-29-15-17;1-15-4-6-17(7-5-15)24-20-13-18(27-11-2-3-21(25)26)8-9-19(20)23-22(24)16-10-12-28-14-16/h5-11,13-15H,2-4,12H2,1H3,(H,26,27);4-10,12-14H,2-3,11H2,1H3,(H,25,26). The van der Waals surface area contributed by atoms with Crippen molar-refractivity contribution >= 4 is 56.7 Å². The zero-order valence-electron chi connectivity index (χ0n) is 31.6. The number of carboxylic acid groups (broad SMARTS) is 2. The number of carboxylic acids is 2. The predicted octanol–water partition coefficient (Wildman–Crippen LogP) is 11.0. The number of ether oxygens (including phenoxy) is 2. The van der Waals surface area contributed by atoms with Crippen LogP contribution in [-0.2, 0) is 9.59 Å². The average Bonchev–Trinajstić information content (AvgIpc) is 4.04. The summed E-state index contributed by atoms with van der Waals surface area (Å²) in [6, 6.07) is 32.6. The van der Waals surface area contributed by atoms with Crippen molar-refractivity contribution in [3.63, 3.8) is 0 Å². The van der Waals surface area contributed by atoms with Crippen LogP contribution >= 0.6 is 22.7 Å². The number of aliphatic carboxylic acids is 2. The van der Waals surface area contributed by atoms with Gasteiger partial charge >= 0.3 is 11.9 Å². The number of benzene rings is 4. The predicted molar refractivity (Wildman–Crippen MR) is 228 cm³/mol. The number of rotatable bonds is 15. The van der Waals surface area contributed by atoms with Crippen LogP contribution in [0.2, 0.25) is 0 Å². The molecule has 4 aromatic carbocycles. The Hall–Kier alpha value is -6.24. The van der Waals surface area contributed by atoms with Crippen molar-refractivity contribution in [1.29, 1.82) is 0 Å². The van der Waals surface area contributed by atoms with Gasteiger partial charge in [0.1, 0.15) is 23.1 Å². The number of imidazole rings is 2. The molecule has 0 fully saturated rings. The van der Waals surface area contributed by atoms with Gasteiger partial charge in [-0.05, 0) is 105 Å². The van der Waals surface area contributed by atoms with Crippen LogP contribution in [0, 0.1) is 13.8 Å². The fraction of sp³-hybridized carbons (Fsp3) is 0.200. The van der Waals surface area contributed by atoms with E-state index in [1.165, 1.54) is 11.1 Å². The summed E-state index contributed by atoms with van der Waals surface area (Å²) in [6.07, 6.45) is 2.08. The molecule has 8 rings (SSSR count). The van der Waals surface area contributed by atoms with E-state index in [0.29, 0.717) is 38.2 Å². The maximum absolute atomic E-state index is 10.7. The van der Waals surface area contributed by atoms with E-state index in [-0.39, 0.29) is 12.8 Å². The summed E-state index contributed by atoms with van der Waals surface area (Å²) in [6.45, 7) is 5.01. The lowest BCUT2D eigenvalue weighted by atomic mass is 10.2. The van der Waals surface area contributed by atoms with Crippen molar-refractivity contribution in [3.05, 3.63) is 130 Å². The first kappa shape index (κ1) is 39.0. The lowest BCUT2D eigenvalue weighted by Crippen LogP contribution is -2.02. The van der Waals surface area contributed by atoms with E-state index < -0.39 is 11.9 Å². The number of hydrogen-bond donors (Lipinski definition) is 2. The quantitative estimate of drug-likeness (QED) is 0.0981. The molecular weight excluding hydrogens is 757 g/mol. The molecule has 0 aliphatic rings. The van der Waals surface area contributed by atoms with Crippen LogP contribution in [0.1, 0.15) is 43.2 Å². The van der Waals surface area contributed by atoms with Crippen LogP contribution in [-0.4, -0.2) is 54.5 Å². The molecule has 0 atom stereocenters. The fourth-order valence-electron chi connectivity index (χ4n) is 6.35. The number of fused-ring (bicyclic) bond motifs is 2. The second kappa shape index (κ2) is 18.1. The molecule has 0 bridgehead atoms. The molecule has 0 aliphatic heterocycles. The molecule has 290 valence electrons. The largest absolute Gasteiger partial charge is 0.494 e. The summed E-state index contributed by atoms with van der Waals surface area (Å²) >= 11 is 3.30. The van der Waals surface area contributed by atoms with Crippen LogP contribution in [0.3, 0.4) is 0 Å². The highest BCUT2D eigenvalue weighted by Gasteiger charge is 2.17. The van der Waals surface area contributed by atoms with Gasteiger partial charge in [-0.15, -0.1) is 0 Å². The Kier molecular flexibility index (Phi) is 12.4. The van der Waals surface area contributed by atoms with Gasteiger partial charge in [0.25, 0.3) is 0 Å². The van der Waals surface area contributed by atoms with Crippen molar-refractivity contribution in [1.82, 2.24) is 19.1 Å². The summed E-state index contributed by atoms with van der Waals surface area (Å²) in [5.74, 6) is 1.69.